The van der Waals surface area contributed by atoms with Crippen LogP contribution in [0.4, 0.5) is 0 Å². The Morgan fingerprint density at radius 3 is 2.64 bits per heavy atom. The molecule has 0 saturated carbocycles. The number of ketones is 1. The van der Waals surface area contributed by atoms with Crippen LogP contribution >= 0.6 is 0 Å². The molecule has 6 heteroatoms. The SMILES string of the molecule is COC(=O)CC1c2cccnc2Oc2ccc3c(c21)O/C(=C\c1ccc(C(C)C)cc1)C3=O. The lowest BCUT2D eigenvalue weighted by atomic mass is 9.85. The highest BCUT2D eigenvalue weighted by atomic mass is 16.5. The van der Waals surface area contributed by atoms with Crippen LogP contribution in [0, 0.1) is 0 Å². The maximum absolute atomic E-state index is 13.2. The predicted molar refractivity (Wildman–Crippen MR) is 123 cm³/mol. The standard InChI is InChI=1S/C27H23NO5/c1-15(2)17-8-6-16(7-9-17)13-22-25(30)19-10-11-21-24(26(19)32-22)20(14-23(29)31-3)18-5-4-12-28-27(18)33-21/h4-13,15,20H,14H2,1-3H3/b22-13-. The number of carbonyl (C=O) groups excluding carboxylic acids is 2. The van der Waals surface area contributed by atoms with Gasteiger partial charge in [-0.3, -0.25) is 9.59 Å². The number of methoxy groups -OCH3 is 1. The molecule has 1 aromatic heterocycles. The normalized spacial score (nSPS) is 17.2. The molecule has 3 heterocycles. The van der Waals surface area contributed by atoms with Gasteiger partial charge in [-0.15, -0.1) is 0 Å². The summed E-state index contributed by atoms with van der Waals surface area (Å²) in [5.41, 5.74) is 3.96. The summed E-state index contributed by atoms with van der Waals surface area (Å²) < 4.78 is 17.0. The van der Waals surface area contributed by atoms with E-state index in [-0.39, 0.29) is 23.9 Å². The van der Waals surface area contributed by atoms with Crippen LogP contribution in [0.15, 0.2) is 60.5 Å². The van der Waals surface area contributed by atoms with Crippen LogP contribution in [-0.2, 0) is 9.53 Å². The predicted octanol–water partition coefficient (Wildman–Crippen LogP) is 5.62. The molecule has 0 spiro atoms. The molecule has 2 aliphatic heterocycles. The molecule has 2 aromatic carbocycles. The summed E-state index contributed by atoms with van der Waals surface area (Å²) in [5, 5.41) is 0. The van der Waals surface area contributed by atoms with Crippen molar-refractivity contribution in [3.8, 4) is 17.4 Å². The summed E-state index contributed by atoms with van der Waals surface area (Å²) in [5.74, 6) is 1.07. The van der Waals surface area contributed by atoms with E-state index in [0.29, 0.717) is 34.4 Å². The number of allylic oxidation sites excluding steroid dienone is 1. The molecule has 2 aliphatic rings. The van der Waals surface area contributed by atoms with Crippen LogP contribution in [0.1, 0.15) is 64.7 Å². The third-order valence-electron chi connectivity index (χ3n) is 6.07. The fourth-order valence-corrected chi connectivity index (χ4v) is 4.28. The first kappa shape index (κ1) is 20.9. The van der Waals surface area contributed by atoms with Crippen molar-refractivity contribution >= 4 is 17.8 Å². The van der Waals surface area contributed by atoms with Gasteiger partial charge in [0.25, 0.3) is 0 Å². The quantitative estimate of drug-likeness (QED) is 0.386. The smallest absolute Gasteiger partial charge is 0.306 e. The van der Waals surface area contributed by atoms with E-state index in [1.165, 1.54) is 12.7 Å². The minimum absolute atomic E-state index is 0.0786. The average molecular weight is 441 g/mol. The van der Waals surface area contributed by atoms with Crippen LogP contribution in [0.3, 0.4) is 0 Å². The first-order chi connectivity index (χ1) is 16.0. The fraction of sp³-hybridized carbons (Fsp3) is 0.222. The minimum atomic E-state index is -0.405. The molecule has 1 unspecified atom stereocenters. The number of hydrogen-bond donors (Lipinski definition) is 0. The van der Waals surface area contributed by atoms with Crippen molar-refractivity contribution < 1.29 is 23.8 Å². The molecule has 166 valence electrons. The van der Waals surface area contributed by atoms with Gasteiger partial charge in [-0.25, -0.2) is 4.98 Å². The average Bonchev–Trinajstić information content (AvgIpc) is 3.14. The zero-order valence-electron chi connectivity index (χ0n) is 18.6. The maximum Gasteiger partial charge on any atom is 0.306 e. The molecule has 3 aromatic rings. The molecule has 0 saturated heterocycles. The van der Waals surface area contributed by atoms with Crippen LogP contribution in [0.2, 0.25) is 0 Å². The molecule has 0 amide bonds. The summed E-state index contributed by atoms with van der Waals surface area (Å²) in [7, 11) is 1.35. The van der Waals surface area contributed by atoms with E-state index in [9.17, 15) is 9.59 Å². The Balaban J connectivity index is 1.56. The lowest BCUT2D eigenvalue weighted by Crippen LogP contribution is -2.16. The number of pyridine rings is 1. The van der Waals surface area contributed by atoms with Crippen molar-refractivity contribution in [3.63, 3.8) is 0 Å². The van der Waals surface area contributed by atoms with Gasteiger partial charge < -0.3 is 14.2 Å². The molecule has 0 aliphatic carbocycles. The number of carbonyl (C=O) groups is 2. The molecule has 5 rings (SSSR count). The number of benzene rings is 2. The number of aromatic nitrogens is 1. The highest BCUT2D eigenvalue weighted by molar-refractivity contribution is 6.15. The van der Waals surface area contributed by atoms with Gasteiger partial charge >= 0.3 is 5.97 Å². The van der Waals surface area contributed by atoms with Gasteiger partial charge in [0.2, 0.25) is 11.7 Å². The number of ether oxygens (including phenoxy) is 3. The Kier molecular flexibility index (Phi) is 5.21. The van der Waals surface area contributed by atoms with Crippen molar-refractivity contribution in [2.24, 2.45) is 0 Å². The second-order valence-electron chi connectivity index (χ2n) is 8.45. The topological polar surface area (TPSA) is 74.7 Å². The molecule has 0 bridgehead atoms. The highest BCUT2D eigenvalue weighted by Crippen LogP contribution is 2.52. The summed E-state index contributed by atoms with van der Waals surface area (Å²) in [6, 6.07) is 15.1. The lowest BCUT2D eigenvalue weighted by molar-refractivity contribution is -0.140. The monoisotopic (exact) mass is 441 g/mol. The minimum Gasteiger partial charge on any atom is -0.469 e. The Hall–Kier alpha value is -3.93. The van der Waals surface area contributed by atoms with Crippen molar-refractivity contribution in [1.29, 1.82) is 0 Å². The van der Waals surface area contributed by atoms with Crippen molar-refractivity contribution in [3.05, 3.63) is 88.3 Å². The van der Waals surface area contributed by atoms with Crippen LogP contribution in [0.5, 0.6) is 17.4 Å². The van der Waals surface area contributed by atoms with Gasteiger partial charge in [0.1, 0.15) is 11.5 Å². The largest absolute Gasteiger partial charge is 0.469 e. The number of hydrogen-bond acceptors (Lipinski definition) is 6. The molecule has 33 heavy (non-hydrogen) atoms. The summed E-state index contributed by atoms with van der Waals surface area (Å²) in [4.78, 5) is 29.7. The first-order valence-corrected chi connectivity index (χ1v) is 10.9. The van der Waals surface area contributed by atoms with E-state index in [1.54, 1.807) is 30.5 Å². The molecule has 0 radical (unpaired) electrons. The summed E-state index contributed by atoms with van der Waals surface area (Å²) in [6.45, 7) is 4.27. The highest BCUT2D eigenvalue weighted by Gasteiger charge is 2.39. The van der Waals surface area contributed by atoms with Gasteiger partial charge in [0.05, 0.1) is 19.1 Å². The maximum atomic E-state index is 13.2. The Morgan fingerprint density at radius 2 is 1.91 bits per heavy atom. The van der Waals surface area contributed by atoms with Crippen LogP contribution in [-0.4, -0.2) is 23.8 Å². The van der Waals surface area contributed by atoms with Crippen molar-refractivity contribution in [1.82, 2.24) is 4.98 Å². The molecule has 6 nitrogen and oxygen atoms in total. The number of esters is 1. The molecular weight excluding hydrogens is 418 g/mol. The molecule has 0 fully saturated rings. The van der Waals surface area contributed by atoms with Gasteiger partial charge in [0, 0.05) is 23.2 Å². The van der Waals surface area contributed by atoms with Gasteiger partial charge in [-0.05, 0) is 41.3 Å². The second kappa shape index (κ2) is 8.20. The van der Waals surface area contributed by atoms with Gasteiger partial charge in [-0.2, -0.15) is 0 Å². The van der Waals surface area contributed by atoms with E-state index in [1.807, 2.05) is 18.2 Å². The zero-order chi connectivity index (χ0) is 23.1. The number of fused-ring (bicyclic) bond motifs is 4. The Labute approximate surface area is 191 Å². The molecule has 0 N–H and O–H groups in total. The number of nitrogens with zero attached hydrogens (tertiary/aromatic N) is 1. The van der Waals surface area contributed by atoms with E-state index in [0.717, 1.165) is 11.1 Å². The zero-order valence-corrected chi connectivity index (χ0v) is 18.6. The van der Waals surface area contributed by atoms with Crippen LogP contribution in [0.25, 0.3) is 6.08 Å². The van der Waals surface area contributed by atoms with Crippen molar-refractivity contribution in [2.45, 2.75) is 32.1 Å². The van der Waals surface area contributed by atoms with Gasteiger partial charge in [-0.1, -0.05) is 44.2 Å². The van der Waals surface area contributed by atoms with E-state index in [4.69, 9.17) is 14.2 Å². The van der Waals surface area contributed by atoms with Crippen molar-refractivity contribution in [2.75, 3.05) is 7.11 Å². The molecule has 1 atom stereocenters. The van der Waals surface area contributed by atoms with Crippen LogP contribution < -0.4 is 9.47 Å². The summed E-state index contributed by atoms with van der Waals surface area (Å²) >= 11 is 0. The third kappa shape index (κ3) is 3.67. The first-order valence-electron chi connectivity index (χ1n) is 10.9. The molecular formula is C27H23NO5. The van der Waals surface area contributed by atoms with E-state index < -0.39 is 5.92 Å². The Bertz CT molecular complexity index is 1290. The van der Waals surface area contributed by atoms with E-state index >= 15 is 0 Å². The number of Topliss-reactive ketones (excluding diaryl/α,β-unsaturated/α-hetero) is 1. The number of rotatable bonds is 4. The second-order valence-corrected chi connectivity index (χ2v) is 8.45. The van der Waals surface area contributed by atoms with Gasteiger partial charge in [0.15, 0.2) is 5.76 Å². The Morgan fingerprint density at radius 1 is 1.12 bits per heavy atom. The van der Waals surface area contributed by atoms with E-state index in [2.05, 4.69) is 31.0 Å². The fourth-order valence-electron chi connectivity index (χ4n) is 4.28. The summed E-state index contributed by atoms with van der Waals surface area (Å²) in [6.07, 6.45) is 3.46. The lowest BCUT2D eigenvalue weighted by Gasteiger charge is -2.27. The third-order valence-corrected chi connectivity index (χ3v) is 6.07.